The Balaban J connectivity index is 1.34. The molecule has 1 saturated heterocycles. The van der Waals surface area contributed by atoms with Gasteiger partial charge in [-0.3, -0.25) is 14.4 Å². The zero-order valence-corrected chi connectivity index (χ0v) is 20.6. The predicted molar refractivity (Wildman–Crippen MR) is 135 cm³/mol. The van der Waals surface area contributed by atoms with Crippen molar-refractivity contribution in [2.24, 2.45) is 0 Å². The van der Waals surface area contributed by atoms with Gasteiger partial charge in [-0.2, -0.15) is 0 Å². The number of carbonyl (C=O) groups is 3. The molecule has 0 aromatic heterocycles. The van der Waals surface area contributed by atoms with Gasteiger partial charge in [0.1, 0.15) is 0 Å². The normalized spacial score (nSPS) is 13.3. The van der Waals surface area contributed by atoms with Gasteiger partial charge in [0.2, 0.25) is 11.7 Å². The highest BCUT2D eigenvalue weighted by Gasteiger charge is 2.26. The lowest BCUT2D eigenvalue weighted by atomic mass is 10.0. The van der Waals surface area contributed by atoms with E-state index in [9.17, 15) is 14.4 Å². The minimum atomic E-state index is -0.438. The summed E-state index contributed by atoms with van der Waals surface area (Å²) in [5.41, 5.74) is 0.938. The molecular weight excluding hydrogens is 462 g/mol. The smallest absolute Gasteiger partial charge is 0.254 e. The molecule has 3 aromatic carbocycles. The summed E-state index contributed by atoms with van der Waals surface area (Å²) < 4.78 is 15.8. The van der Waals surface area contributed by atoms with E-state index in [0.29, 0.717) is 49.0 Å². The Morgan fingerprint density at radius 3 is 2.06 bits per heavy atom. The Labute approximate surface area is 209 Å². The van der Waals surface area contributed by atoms with Gasteiger partial charge in [0.25, 0.3) is 11.8 Å². The molecule has 0 atom stereocenters. The summed E-state index contributed by atoms with van der Waals surface area (Å²) in [5, 5.41) is 4.58. The summed E-state index contributed by atoms with van der Waals surface area (Å²) in [6.45, 7) is 1.49. The van der Waals surface area contributed by atoms with Crippen LogP contribution in [0.4, 0.5) is 0 Å². The van der Waals surface area contributed by atoms with E-state index < -0.39 is 5.91 Å². The van der Waals surface area contributed by atoms with E-state index in [-0.39, 0.29) is 23.9 Å². The molecule has 1 heterocycles. The molecule has 0 bridgehead atoms. The Morgan fingerprint density at radius 1 is 0.806 bits per heavy atom. The van der Waals surface area contributed by atoms with Crippen molar-refractivity contribution in [1.82, 2.24) is 15.1 Å². The van der Waals surface area contributed by atoms with Crippen LogP contribution in [0.2, 0.25) is 0 Å². The fraction of sp³-hybridized carbons (Fsp3) is 0.296. The molecule has 0 aliphatic carbocycles. The Bertz CT molecular complexity index is 1250. The molecule has 1 aliphatic heterocycles. The Hall–Kier alpha value is -4.27. The van der Waals surface area contributed by atoms with Crippen LogP contribution < -0.4 is 19.5 Å². The lowest BCUT2D eigenvalue weighted by molar-refractivity contribution is -0.131. The van der Waals surface area contributed by atoms with Crippen LogP contribution in [-0.2, 0) is 4.79 Å². The van der Waals surface area contributed by atoms with Gasteiger partial charge in [0.05, 0.1) is 27.9 Å². The number of fused-ring (bicyclic) bond motifs is 1. The van der Waals surface area contributed by atoms with Crippen molar-refractivity contribution in [2.75, 3.05) is 54.1 Å². The van der Waals surface area contributed by atoms with E-state index in [1.807, 2.05) is 42.5 Å². The van der Waals surface area contributed by atoms with Gasteiger partial charge in [-0.25, -0.2) is 0 Å². The van der Waals surface area contributed by atoms with E-state index in [1.54, 1.807) is 9.80 Å². The number of hydrogen-bond donors (Lipinski definition) is 1. The molecule has 188 valence electrons. The quantitative estimate of drug-likeness (QED) is 0.546. The Kier molecular flexibility index (Phi) is 7.58. The minimum absolute atomic E-state index is 0.0467. The van der Waals surface area contributed by atoms with Crippen molar-refractivity contribution in [3.05, 3.63) is 65.7 Å². The van der Waals surface area contributed by atoms with Gasteiger partial charge in [-0.05, 0) is 29.0 Å². The SMILES string of the molecule is COc1cc(C(=O)NCC(=O)N2CCN(C(=O)c3cccc4ccccc34)CC2)cc(OC)c1OC. The third-order valence-corrected chi connectivity index (χ3v) is 6.27. The number of carbonyl (C=O) groups excluding carboxylic acids is 3. The lowest BCUT2D eigenvalue weighted by Crippen LogP contribution is -2.52. The van der Waals surface area contributed by atoms with Crippen LogP contribution >= 0.6 is 0 Å². The Morgan fingerprint density at radius 2 is 1.42 bits per heavy atom. The zero-order valence-electron chi connectivity index (χ0n) is 20.6. The van der Waals surface area contributed by atoms with Crippen molar-refractivity contribution in [1.29, 1.82) is 0 Å². The summed E-state index contributed by atoms with van der Waals surface area (Å²) in [4.78, 5) is 42.0. The van der Waals surface area contributed by atoms with E-state index in [4.69, 9.17) is 14.2 Å². The van der Waals surface area contributed by atoms with Crippen LogP contribution in [0, 0.1) is 0 Å². The van der Waals surface area contributed by atoms with Gasteiger partial charge in [0, 0.05) is 37.3 Å². The molecule has 4 rings (SSSR count). The summed E-state index contributed by atoms with van der Waals surface area (Å²) in [7, 11) is 4.41. The molecule has 9 heteroatoms. The van der Waals surface area contributed by atoms with Crippen LogP contribution in [0.25, 0.3) is 10.8 Å². The summed E-state index contributed by atoms with van der Waals surface area (Å²) >= 11 is 0. The molecule has 1 aliphatic rings. The fourth-order valence-electron chi connectivity index (χ4n) is 4.32. The molecule has 0 saturated carbocycles. The second kappa shape index (κ2) is 11.0. The maximum atomic E-state index is 13.1. The topological polar surface area (TPSA) is 97.4 Å². The number of hydrogen-bond acceptors (Lipinski definition) is 6. The predicted octanol–water partition coefficient (Wildman–Crippen LogP) is 2.58. The molecule has 36 heavy (non-hydrogen) atoms. The first-order valence-electron chi connectivity index (χ1n) is 11.6. The number of methoxy groups -OCH3 is 3. The van der Waals surface area contributed by atoms with Crippen molar-refractivity contribution in [2.45, 2.75) is 0 Å². The molecule has 0 spiro atoms. The van der Waals surface area contributed by atoms with Gasteiger partial charge >= 0.3 is 0 Å². The van der Waals surface area contributed by atoms with Crippen molar-refractivity contribution in [3.8, 4) is 17.2 Å². The standard InChI is InChI=1S/C27H29N3O6/c1-34-22-15-19(16-23(35-2)25(22)36-3)26(32)28-17-24(31)29-11-13-30(14-12-29)27(33)21-10-6-8-18-7-4-5-9-20(18)21/h4-10,15-16H,11-14,17H2,1-3H3,(H,28,32). The van der Waals surface area contributed by atoms with Crippen LogP contribution in [0.15, 0.2) is 54.6 Å². The van der Waals surface area contributed by atoms with Crippen LogP contribution in [0.5, 0.6) is 17.2 Å². The van der Waals surface area contributed by atoms with E-state index in [1.165, 1.54) is 33.5 Å². The first-order chi connectivity index (χ1) is 17.5. The van der Waals surface area contributed by atoms with Crippen molar-refractivity contribution < 1.29 is 28.6 Å². The van der Waals surface area contributed by atoms with Crippen LogP contribution in [-0.4, -0.2) is 81.6 Å². The van der Waals surface area contributed by atoms with Gasteiger partial charge in [-0.1, -0.05) is 36.4 Å². The van der Waals surface area contributed by atoms with Gasteiger partial charge in [0.15, 0.2) is 11.5 Å². The van der Waals surface area contributed by atoms with Gasteiger partial charge in [-0.15, -0.1) is 0 Å². The number of nitrogens with zero attached hydrogens (tertiary/aromatic N) is 2. The molecule has 9 nitrogen and oxygen atoms in total. The summed E-state index contributed by atoms with van der Waals surface area (Å²) in [6, 6.07) is 16.5. The second-order valence-corrected chi connectivity index (χ2v) is 8.30. The number of benzene rings is 3. The van der Waals surface area contributed by atoms with E-state index >= 15 is 0 Å². The maximum absolute atomic E-state index is 13.1. The first-order valence-corrected chi connectivity index (χ1v) is 11.6. The number of nitrogens with one attached hydrogen (secondary N) is 1. The average Bonchev–Trinajstić information content (AvgIpc) is 2.94. The number of ether oxygens (including phenoxy) is 3. The van der Waals surface area contributed by atoms with Gasteiger partial charge < -0.3 is 29.3 Å². The van der Waals surface area contributed by atoms with Crippen LogP contribution in [0.3, 0.4) is 0 Å². The maximum Gasteiger partial charge on any atom is 0.254 e. The lowest BCUT2D eigenvalue weighted by Gasteiger charge is -2.35. The first kappa shape index (κ1) is 24.8. The number of piperazine rings is 1. The third-order valence-electron chi connectivity index (χ3n) is 6.27. The monoisotopic (exact) mass is 491 g/mol. The molecule has 3 amide bonds. The summed E-state index contributed by atoms with van der Waals surface area (Å²) in [6.07, 6.45) is 0. The molecular formula is C27H29N3O6. The largest absolute Gasteiger partial charge is 0.493 e. The number of rotatable bonds is 7. The molecule has 1 fully saturated rings. The third kappa shape index (κ3) is 5.05. The molecule has 0 unspecified atom stereocenters. The fourth-order valence-corrected chi connectivity index (χ4v) is 4.32. The summed E-state index contributed by atoms with van der Waals surface area (Å²) in [5.74, 6) is 0.374. The van der Waals surface area contributed by atoms with E-state index in [0.717, 1.165) is 10.8 Å². The van der Waals surface area contributed by atoms with Crippen molar-refractivity contribution >= 4 is 28.5 Å². The van der Waals surface area contributed by atoms with Crippen molar-refractivity contribution in [3.63, 3.8) is 0 Å². The molecule has 3 aromatic rings. The van der Waals surface area contributed by atoms with E-state index in [2.05, 4.69) is 5.32 Å². The average molecular weight is 492 g/mol. The number of amides is 3. The highest BCUT2D eigenvalue weighted by Crippen LogP contribution is 2.38. The molecule has 1 N–H and O–H groups in total. The highest BCUT2D eigenvalue weighted by molar-refractivity contribution is 6.07. The second-order valence-electron chi connectivity index (χ2n) is 8.30. The minimum Gasteiger partial charge on any atom is -0.493 e. The van der Waals surface area contributed by atoms with Crippen LogP contribution in [0.1, 0.15) is 20.7 Å². The molecule has 0 radical (unpaired) electrons. The zero-order chi connectivity index (χ0) is 25.7. The highest BCUT2D eigenvalue weighted by atomic mass is 16.5.